The number of rotatable bonds is 6. The average molecular weight is 261 g/mol. The normalized spacial score (nSPS) is 11.4. The van der Waals surface area contributed by atoms with Crippen molar-refractivity contribution in [1.29, 1.82) is 0 Å². The van der Waals surface area contributed by atoms with E-state index >= 15 is 0 Å². The number of aliphatic hydroxyl groups is 1. The number of hydrogen-bond donors (Lipinski definition) is 1. The van der Waals surface area contributed by atoms with Crippen LogP contribution < -0.4 is 0 Å². The maximum atomic E-state index is 11.4. The first-order valence-electron chi connectivity index (χ1n) is 6.56. The molecule has 1 aromatic heterocycles. The fraction of sp³-hybridized carbons (Fsp3) is 0.400. The summed E-state index contributed by atoms with van der Waals surface area (Å²) in [6, 6.07) is 7.27. The SMILES string of the molecule is CCN(CC)Cc1cc2ccc(C(=O)CO)cc2o1. The summed E-state index contributed by atoms with van der Waals surface area (Å²) in [5.41, 5.74) is 1.18. The molecular formula is C15H19NO3. The van der Waals surface area contributed by atoms with Crippen LogP contribution in [0.3, 0.4) is 0 Å². The van der Waals surface area contributed by atoms with Gasteiger partial charge in [0, 0.05) is 10.9 Å². The van der Waals surface area contributed by atoms with Crippen molar-refractivity contribution in [1.82, 2.24) is 4.90 Å². The zero-order valence-electron chi connectivity index (χ0n) is 11.3. The molecule has 4 nitrogen and oxygen atoms in total. The molecule has 1 heterocycles. The Morgan fingerprint density at radius 2 is 2.00 bits per heavy atom. The van der Waals surface area contributed by atoms with Crippen molar-refractivity contribution in [2.24, 2.45) is 0 Å². The third-order valence-corrected chi connectivity index (χ3v) is 3.31. The number of carbonyl (C=O) groups excluding carboxylic acids is 1. The lowest BCUT2D eigenvalue weighted by Crippen LogP contribution is -2.21. The maximum Gasteiger partial charge on any atom is 0.188 e. The van der Waals surface area contributed by atoms with Crippen LogP contribution in [0.5, 0.6) is 0 Å². The van der Waals surface area contributed by atoms with E-state index in [1.165, 1.54) is 0 Å². The molecule has 0 spiro atoms. The molecule has 0 aliphatic heterocycles. The van der Waals surface area contributed by atoms with E-state index in [1.54, 1.807) is 12.1 Å². The van der Waals surface area contributed by atoms with Crippen molar-refractivity contribution in [2.75, 3.05) is 19.7 Å². The zero-order valence-corrected chi connectivity index (χ0v) is 11.3. The molecule has 0 bridgehead atoms. The van der Waals surface area contributed by atoms with Crippen molar-refractivity contribution >= 4 is 16.8 Å². The number of Topliss-reactive ketones (excluding diaryl/α,β-unsaturated/α-hetero) is 1. The molecule has 0 unspecified atom stereocenters. The van der Waals surface area contributed by atoms with Gasteiger partial charge in [-0.2, -0.15) is 0 Å². The van der Waals surface area contributed by atoms with Gasteiger partial charge in [-0.1, -0.05) is 26.0 Å². The van der Waals surface area contributed by atoms with Crippen LogP contribution in [-0.2, 0) is 6.54 Å². The molecule has 0 saturated carbocycles. The Kier molecular flexibility index (Phi) is 4.35. The van der Waals surface area contributed by atoms with E-state index in [0.29, 0.717) is 11.1 Å². The fourth-order valence-electron chi connectivity index (χ4n) is 2.10. The van der Waals surface area contributed by atoms with E-state index in [9.17, 15) is 4.79 Å². The summed E-state index contributed by atoms with van der Waals surface area (Å²) in [7, 11) is 0. The van der Waals surface area contributed by atoms with Crippen molar-refractivity contribution in [3.63, 3.8) is 0 Å². The monoisotopic (exact) mass is 261 g/mol. The third-order valence-electron chi connectivity index (χ3n) is 3.31. The molecule has 0 atom stereocenters. The highest BCUT2D eigenvalue weighted by Gasteiger charge is 2.10. The Balaban J connectivity index is 2.27. The average Bonchev–Trinajstić information content (AvgIpc) is 2.85. The maximum absolute atomic E-state index is 11.4. The lowest BCUT2D eigenvalue weighted by molar-refractivity contribution is 0.0904. The Morgan fingerprint density at radius 3 is 2.63 bits per heavy atom. The molecule has 2 aromatic rings. The van der Waals surface area contributed by atoms with Crippen LogP contribution in [0.25, 0.3) is 11.0 Å². The molecule has 1 N–H and O–H groups in total. The summed E-state index contributed by atoms with van der Waals surface area (Å²) in [5.74, 6) is 0.607. The molecule has 0 aliphatic rings. The van der Waals surface area contributed by atoms with E-state index in [-0.39, 0.29) is 5.78 Å². The van der Waals surface area contributed by atoms with Crippen LogP contribution in [0.4, 0.5) is 0 Å². The minimum absolute atomic E-state index is 0.288. The van der Waals surface area contributed by atoms with Gasteiger partial charge in [0.25, 0.3) is 0 Å². The first-order chi connectivity index (χ1) is 9.17. The number of benzene rings is 1. The highest BCUT2D eigenvalue weighted by Crippen LogP contribution is 2.22. The van der Waals surface area contributed by atoms with Crippen molar-refractivity contribution in [3.05, 3.63) is 35.6 Å². The van der Waals surface area contributed by atoms with Crippen LogP contribution >= 0.6 is 0 Å². The second-order valence-corrected chi connectivity index (χ2v) is 4.51. The number of aliphatic hydroxyl groups excluding tert-OH is 1. The van der Waals surface area contributed by atoms with Crippen LogP contribution in [0, 0.1) is 0 Å². The van der Waals surface area contributed by atoms with Crippen molar-refractivity contribution < 1.29 is 14.3 Å². The summed E-state index contributed by atoms with van der Waals surface area (Å²) >= 11 is 0. The van der Waals surface area contributed by atoms with Gasteiger partial charge < -0.3 is 9.52 Å². The standard InChI is InChI=1S/C15H19NO3/c1-3-16(4-2)9-13-7-12-6-5-11(14(18)10-17)8-15(12)19-13/h5-8,17H,3-4,9-10H2,1-2H3. The summed E-state index contributed by atoms with van der Waals surface area (Å²) in [5, 5.41) is 9.84. The first-order valence-corrected chi connectivity index (χ1v) is 6.56. The molecule has 0 aliphatic carbocycles. The van der Waals surface area contributed by atoms with Gasteiger partial charge in [0.15, 0.2) is 5.78 Å². The molecule has 4 heteroatoms. The van der Waals surface area contributed by atoms with Crippen LogP contribution in [0.2, 0.25) is 0 Å². The number of ketones is 1. The van der Waals surface area contributed by atoms with E-state index in [1.807, 2.05) is 12.1 Å². The largest absolute Gasteiger partial charge is 0.460 e. The van der Waals surface area contributed by atoms with Gasteiger partial charge in [-0.05, 0) is 25.2 Å². The molecule has 0 fully saturated rings. The highest BCUT2D eigenvalue weighted by atomic mass is 16.3. The summed E-state index contributed by atoms with van der Waals surface area (Å²) < 4.78 is 5.76. The molecule has 19 heavy (non-hydrogen) atoms. The molecule has 0 saturated heterocycles. The van der Waals surface area contributed by atoms with Gasteiger partial charge in [-0.25, -0.2) is 0 Å². The van der Waals surface area contributed by atoms with Crippen LogP contribution in [0.1, 0.15) is 30.0 Å². The Morgan fingerprint density at radius 1 is 1.26 bits per heavy atom. The van der Waals surface area contributed by atoms with E-state index in [4.69, 9.17) is 9.52 Å². The van der Waals surface area contributed by atoms with Gasteiger partial charge >= 0.3 is 0 Å². The minimum atomic E-state index is -0.474. The predicted octanol–water partition coefficient (Wildman–Crippen LogP) is 2.45. The second kappa shape index (κ2) is 5.99. The highest BCUT2D eigenvalue weighted by molar-refractivity contribution is 5.99. The van der Waals surface area contributed by atoms with E-state index < -0.39 is 6.61 Å². The molecular weight excluding hydrogens is 242 g/mol. The summed E-state index contributed by atoms with van der Waals surface area (Å²) in [4.78, 5) is 13.7. The molecule has 0 radical (unpaired) electrons. The number of furan rings is 1. The van der Waals surface area contributed by atoms with Gasteiger partial charge in [0.2, 0.25) is 0 Å². The first kappa shape index (κ1) is 13.8. The zero-order chi connectivity index (χ0) is 13.8. The predicted molar refractivity (Wildman–Crippen MR) is 74.3 cm³/mol. The van der Waals surface area contributed by atoms with Crippen LogP contribution in [-0.4, -0.2) is 35.5 Å². The van der Waals surface area contributed by atoms with Gasteiger partial charge in [0.1, 0.15) is 18.0 Å². The van der Waals surface area contributed by atoms with E-state index in [2.05, 4.69) is 18.7 Å². The molecule has 2 rings (SSSR count). The lowest BCUT2D eigenvalue weighted by atomic mass is 10.1. The number of carbonyl (C=O) groups is 1. The second-order valence-electron chi connectivity index (χ2n) is 4.51. The van der Waals surface area contributed by atoms with Crippen molar-refractivity contribution in [3.8, 4) is 0 Å². The third kappa shape index (κ3) is 3.03. The Bertz CT molecular complexity index is 570. The van der Waals surface area contributed by atoms with Crippen LogP contribution in [0.15, 0.2) is 28.7 Å². The number of fused-ring (bicyclic) bond motifs is 1. The van der Waals surface area contributed by atoms with Gasteiger partial charge in [-0.15, -0.1) is 0 Å². The quantitative estimate of drug-likeness (QED) is 0.811. The van der Waals surface area contributed by atoms with Gasteiger partial charge in [0.05, 0.1) is 6.54 Å². The molecule has 0 amide bonds. The fourth-order valence-corrected chi connectivity index (χ4v) is 2.10. The molecule has 1 aromatic carbocycles. The lowest BCUT2D eigenvalue weighted by Gasteiger charge is -2.15. The summed E-state index contributed by atoms with van der Waals surface area (Å²) in [6.07, 6.45) is 0. The van der Waals surface area contributed by atoms with Crippen molar-refractivity contribution in [2.45, 2.75) is 20.4 Å². The minimum Gasteiger partial charge on any atom is -0.460 e. The Labute approximate surface area is 112 Å². The number of nitrogens with zero attached hydrogens (tertiary/aromatic N) is 1. The summed E-state index contributed by atoms with van der Waals surface area (Å²) in [6.45, 7) is 6.47. The van der Waals surface area contributed by atoms with Gasteiger partial charge in [-0.3, -0.25) is 9.69 Å². The Hall–Kier alpha value is -1.65. The van der Waals surface area contributed by atoms with E-state index in [0.717, 1.165) is 30.8 Å². The molecule has 102 valence electrons. The number of hydrogen-bond acceptors (Lipinski definition) is 4. The smallest absolute Gasteiger partial charge is 0.188 e. The topological polar surface area (TPSA) is 53.7 Å².